The maximum Gasteiger partial charge on any atom is 0.229 e. The van der Waals surface area contributed by atoms with Crippen molar-refractivity contribution < 1.29 is 9.59 Å². The van der Waals surface area contributed by atoms with Gasteiger partial charge in [-0.25, -0.2) is 0 Å². The summed E-state index contributed by atoms with van der Waals surface area (Å²) in [6.45, 7) is 5.15. The molecule has 126 valence electrons. The van der Waals surface area contributed by atoms with Gasteiger partial charge < -0.3 is 16.4 Å². The van der Waals surface area contributed by atoms with Gasteiger partial charge in [0.1, 0.15) is 0 Å². The summed E-state index contributed by atoms with van der Waals surface area (Å²) in [6, 6.07) is 14.6. The van der Waals surface area contributed by atoms with E-state index < -0.39 is 12.0 Å². The van der Waals surface area contributed by atoms with Crippen LogP contribution in [0, 0.1) is 12.8 Å². The zero-order valence-corrected chi connectivity index (χ0v) is 14.2. The van der Waals surface area contributed by atoms with Gasteiger partial charge in [-0.05, 0) is 30.2 Å². The van der Waals surface area contributed by atoms with Crippen molar-refractivity contribution in [3.63, 3.8) is 0 Å². The Labute approximate surface area is 142 Å². The maximum atomic E-state index is 12.6. The third-order valence-electron chi connectivity index (χ3n) is 3.88. The predicted molar refractivity (Wildman–Crippen MR) is 96.6 cm³/mol. The normalized spacial score (nSPS) is 13.0. The molecular formula is C19H23N3O2. The highest BCUT2D eigenvalue weighted by atomic mass is 16.2. The van der Waals surface area contributed by atoms with E-state index in [1.54, 1.807) is 13.0 Å². The number of carbonyl (C=O) groups excluding carboxylic acids is 2. The molecule has 2 unspecified atom stereocenters. The van der Waals surface area contributed by atoms with Gasteiger partial charge in [-0.1, -0.05) is 43.3 Å². The quantitative estimate of drug-likeness (QED) is 0.789. The lowest BCUT2D eigenvalue weighted by Gasteiger charge is -2.21. The molecule has 5 nitrogen and oxygen atoms in total. The summed E-state index contributed by atoms with van der Waals surface area (Å²) in [4.78, 5) is 23.9. The molecule has 0 aliphatic carbocycles. The number of hydrogen-bond acceptors (Lipinski definition) is 3. The number of carbonyl (C=O) groups is 2. The van der Waals surface area contributed by atoms with E-state index in [0.717, 1.165) is 11.1 Å². The van der Waals surface area contributed by atoms with Crippen molar-refractivity contribution in [1.82, 2.24) is 0 Å². The van der Waals surface area contributed by atoms with Gasteiger partial charge >= 0.3 is 0 Å². The van der Waals surface area contributed by atoms with Crippen LogP contribution in [0.25, 0.3) is 0 Å². The van der Waals surface area contributed by atoms with Gasteiger partial charge in [-0.2, -0.15) is 0 Å². The Morgan fingerprint density at radius 2 is 1.67 bits per heavy atom. The van der Waals surface area contributed by atoms with Crippen LogP contribution < -0.4 is 16.4 Å². The van der Waals surface area contributed by atoms with Gasteiger partial charge in [-0.15, -0.1) is 0 Å². The fourth-order valence-electron chi connectivity index (χ4n) is 2.43. The van der Waals surface area contributed by atoms with Crippen LogP contribution in [-0.4, -0.2) is 11.8 Å². The Kier molecular flexibility index (Phi) is 5.71. The standard InChI is InChI=1S/C19H23N3O2/c1-12-9-10-16(21-14(3)23)17(11-12)22-19(24)13(2)18(20)15-7-5-4-6-8-15/h4-11,13,18H,20H2,1-3H3,(H,21,23)(H,22,24). The summed E-state index contributed by atoms with van der Waals surface area (Å²) in [5.74, 6) is -0.801. The summed E-state index contributed by atoms with van der Waals surface area (Å²) in [7, 11) is 0. The number of aryl methyl sites for hydroxylation is 1. The van der Waals surface area contributed by atoms with E-state index in [1.165, 1.54) is 6.92 Å². The largest absolute Gasteiger partial charge is 0.325 e. The molecule has 2 atom stereocenters. The van der Waals surface area contributed by atoms with Crippen molar-refractivity contribution in [1.29, 1.82) is 0 Å². The fraction of sp³-hybridized carbons (Fsp3) is 0.263. The highest BCUT2D eigenvalue weighted by Crippen LogP contribution is 2.26. The molecule has 2 rings (SSSR count). The van der Waals surface area contributed by atoms with Gasteiger partial charge in [0.2, 0.25) is 11.8 Å². The average molecular weight is 325 g/mol. The third kappa shape index (κ3) is 4.43. The average Bonchev–Trinajstić information content (AvgIpc) is 2.56. The van der Waals surface area contributed by atoms with Gasteiger partial charge in [0, 0.05) is 13.0 Å². The lowest BCUT2D eigenvalue weighted by atomic mass is 9.94. The molecule has 0 spiro atoms. The van der Waals surface area contributed by atoms with Gasteiger partial charge in [0.15, 0.2) is 0 Å². The Morgan fingerprint density at radius 1 is 1.00 bits per heavy atom. The molecular weight excluding hydrogens is 302 g/mol. The van der Waals surface area contributed by atoms with Crippen LogP contribution in [0.15, 0.2) is 48.5 Å². The summed E-state index contributed by atoms with van der Waals surface area (Å²) in [5.41, 5.74) is 9.25. The molecule has 0 saturated carbocycles. The van der Waals surface area contributed by atoms with Crippen molar-refractivity contribution in [3.05, 3.63) is 59.7 Å². The van der Waals surface area contributed by atoms with Gasteiger partial charge in [0.25, 0.3) is 0 Å². The number of hydrogen-bond donors (Lipinski definition) is 3. The van der Waals surface area contributed by atoms with Crippen LogP contribution in [-0.2, 0) is 9.59 Å². The first kappa shape index (κ1) is 17.7. The number of nitrogens with two attached hydrogens (primary N) is 1. The fourth-order valence-corrected chi connectivity index (χ4v) is 2.43. The van der Waals surface area contributed by atoms with Crippen molar-refractivity contribution in [3.8, 4) is 0 Å². The van der Waals surface area contributed by atoms with E-state index in [9.17, 15) is 9.59 Å². The lowest BCUT2D eigenvalue weighted by molar-refractivity contribution is -0.120. The third-order valence-corrected chi connectivity index (χ3v) is 3.88. The molecule has 0 bridgehead atoms. The van der Waals surface area contributed by atoms with Crippen molar-refractivity contribution in [2.75, 3.05) is 10.6 Å². The van der Waals surface area contributed by atoms with Gasteiger partial charge in [-0.3, -0.25) is 9.59 Å². The second-order valence-corrected chi connectivity index (χ2v) is 5.94. The van der Waals surface area contributed by atoms with E-state index in [-0.39, 0.29) is 11.8 Å². The topological polar surface area (TPSA) is 84.2 Å². The second kappa shape index (κ2) is 7.75. The number of anilines is 2. The Hall–Kier alpha value is -2.66. The minimum absolute atomic E-state index is 0.191. The molecule has 0 saturated heterocycles. The van der Waals surface area contributed by atoms with Crippen LogP contribution >= 0.6 is 0 Å². The Morgan fingerprint density at radius 3 is 2.29 bits per heavy atom. The van der Waals surface area contributed by atoms with E-state index in [2.05, 4.69) is 10.6 Å². The highest BCUT2D eigenvalue weighted by molar-refractivity contribution is 5.99. The summed E-state index contributed by atoms with van der Waals surface area (Å²) in [6.07, 6.45) is 0. The number of rotatable bonds is 5. The molecule has 2 aromatic carbocycles. The number of nitrogens with one attached hydrogen (secondary N) is 2. The van der Waals surface area contributed by atoms with Crippen molar-refractivity contribution in [2.45, 2.75) is 26.8 Å². The minimum atomic E-state index is -0.418. The zero-order valence-electron chi connectivity index (χ0n) is 14.2. The number of benzene rings is 2. The van der Waals surface area contributed by atoms with E-state index in [1.807, 2.05) is 49.4 Å². The molecule has 5 heteroatoms. The van der Waals surface area contributed by atoms with E-state index in [0.29, 0.717) is 11.4 Å². The molecule has 4 N–H and O–H groups in total. The summed E-state index contributed by atoms with van der Waals surface area (Å²) >= 11 is 0. The Balaban J connectivity index is 2.17. The molecule has 0 fully saturated rings. The van der Waals surface area contributed by atoms with Crippen LogP contribution in [0.3, 0.4) is 0 Å². The molecule has 0 aliphatic heterocycles. The predicted octanol–water partition coefficient (Wildman–Crippen LogP) is 3.23. The molecule has 0 radical (unpaired) electrons. The zero-order chi connectivity index (χ0) is 17.7. The smallest absolute Gasteiger partial charge is 0.229 e. The first-order valence-corrected chi connectivity index (χ1v) is 7.88. The summed E-state index contributed by atoms with van der Waals surface area (Å²) < 4.78 is 0. The molecule has 0 aromatic heterocycles. The minimum Gasteiger partial charge on any atom is -0.325 e. The maximum absolute atomic E-state index is 12.6. The molecule has 0 heterocycles. The lowest BCUT2D eigenvalue weighted by Crippen LogP contribution is -2.30. The highest BCUT2D eigenvalue weighted by Gasteiger charge is 2.23. The Bertz CT molecular complexity index is 729. The van der Waals surface area contributed by atoms with Crippen LogP contribution in [0.1, 0.15) is 31.0 Å². The molecule has 2 amide bonds. The van der Waals surface area contributed by atoms with E-state index in [4.69, 9.17) is 5.73 Å². The molecule has 24 heavy (non-hydrogen) atoms. The van der Waals surface area contributed by atoms with Crippen molar-refractivity contribution >= 4 is 23.2 Å². The molecule has 2 aromatic rings. The first-order chi connectivity index (χ1) is 11.4. The number of amides is 2. The molecule has 0 aliphatic rings. The second-order valence-electron chi connectivity index (χ2n) is 5.94. The SMILES string of the molecule is CC(=O)Nc1ccc(C)cc1NC(=O)C(C)C(N)c1ccccc1. The monoisotopic (exact) mass is 325 g/mol. The van der Waals surface area contributed by atoms with Gasteiger partial charge in [0.05, 0.1) is 17.3 Å². The van der Waals surface area contributed by atoms with Crippen LogP contribution in [0.5, 0.6) is 0 Å². The van der Waals surface area contributed by atoms with Crippen molar-refractivity contribution in [2.24, 2.45) is 11.7 Å². The van der Waals surface area contributed by atoms with E-state index >= 15 is 0 Å². The first-order valence-electron chi connectivity index (χ1n) is 7.88. The summed E-state index contributed by atoms with van der Waals surface area (Å²) in [5, 5.41) is 5.59. The van der Waals surface area contributed by atoms with Crippen LogP contribution in [0.4, 0.5) is 11.4 Å². The van der Waals surface area contributed by atoms with Crippen LogP contribution in [0.2, 0.25) is 0 Å².